The smallest absolute Gasteiger partial charge is 0.226 e. The number of carbonyl (C=O) groups excluding carboxylic acids is 1. The molecule has 1 aliphatic heterocycles. The van der Waals surface area contributed by atoms with E-state index in [1.807, 2.05) is 38.1 Å². The molecule has 0 saturated carbocycles. The van der Waals surface area contributed by atoms with Crippen LogP contribution in [0.4, 0.5) is 5.95 Å². The lowest BCUT2D eigenvalue weighted by Gasteiger charge is -2.32. The van der Waals surface area contributed by atoms with Crippen LogP contribution in [0, 0.1) is 19.8 Å². The number of nitrogens with zero attached hydrogens (tertiary/aromatic N) is 3. The molecule has 4 rings (SSSR count). The van der Waals surface area contributed by atoms with E-state index in [0.717, 1.165) is 54.0 Å². The highest BCUT2D eigenvalue weighted by atomic mass is 35.5. The standard InChI is InChI=1S/C24H27ClN4O/c1-15-4-9-21-17(3)27-24(28-22(21)14-15)29-12-10-19(11-13-29)23(30)26-16(2)18-5-7-20(25)8-6-18/h4-9,14,16,19H,10-13H2,1-3H3,(H,26,30). The number of anilines is 1. The zero-order valence-corrected chi connectivity index (χ0v) is 18.4. The van der Waals surface area contributed by atoms with Crippen LogP contribution in [-0.4, -0.2) is 29.0 Å². The molecule has 3 aromatic rings. The van der Waals surface area contributed by atoms with Gasteiger partial charge in [0.25, 0.3) is 0 Å². The van der Waals surface area contributed by atoms with Gasteiger partial charge in [0.05, 0.1) is 17.3 Å². The summed E-state index contributed by atoms with van der Waals surface area (Å²) in [6.07, 6.45) is 1.60. The van der Waals surface area contributed by atoms with E-state index < -0.39 is 0 Å². The number of rotatable bonds is 4. The first-order valence-corrected chi connectivity index (χ1v) is 10.8. The molecule has 156 valence electrons. The predicted molar refractivity (Wildman–Crippen MR) is 122 cm³/mol. The Hall–Kier alpha value is -2.66. The SMILES string of the molecule is Cc1ccc2c(C)nc(N3CCC(C(=O)NC(C)c4ccc(Cl)cc4)CC3)nc2c1. The third kappa shape index (κ3) is 4.41. The van der Waals surface area contributed by atoms with E-state index in [4.69, 9.17) is 21.6 Å². The summed E-state index contributed by atoms with van der Waals surface area (Å²) in [5, 5.41) is 4.94. The minimum Gasteiger partial charge on any atom is -0.349 e. The second kappa shape index (κ2) is 8.60. The summed E-state index contributed by atoms with van der Waals surface area (Å²) in [7, 11) is 0. The third-order valence-electron chi connectivity index (χ3n) is 5.91. The second-order valence-corrected chi connectivity index (χ2v) is 8.61. The van der Waals surface area contributed by atoms with Gasteiger partial charge in [-0.2, -0.15) is 0 Å². The molecule has 5 nitrogen and oxygen atoms in total. The second-order valence-electron chi connectivity index (χ2n) is 8.17. The molecule has 1 fully saturated rings. The largest absolute Gasteiger partial charge is 0.349 e. The van der Waals surface area contributed by atoms with Gasteiger partial charge in [0.2, 0.25) is 11.9 Å². The normalized spacial score (nSPS) is 15.9. The first-order chi connectivity index (χ1) is 14.4. The van der Waals surface area contributed by atoms with E-state index in [9.17, 15) is 4.79 Å². The van der Waals surface area contributed by atoms with Gasteiger partial charge in [0.15, 0.2) is 0 Å². The number of hydrogen-bond donors (Lipinski definition) is 1. The van der Waals surface area contributed by atoms with Gasteiger partial charge in [-0.3, -0.25) is 4.79 Å². The monoisotopic (exact) mass is 422 g/mol. The first kappa shape index (κ1) is 20.6. The number of aryl methyl sites for hydroxylation is 2. The third-order valence-corrected chi connectivity index (χ3v) is 6.16. The van der Waals surface area contributed by atoms with E-state index >= 15 is 0 Å². The average molecular weight is 423 g/mol. The highest BCUT2D eigenvalue weighted by molar-refractivity contribution is 6.30. The Morgan fingerprint density at radius 3 is 2.50 bits per heavy atom. The van der Waals surface area contributed by atoms with Crippen LogP contribution in [0.5, 0.6) is 0 Å². The Bertz CT molecular complexity index is 1060. The maximum Gasteiger partial charge on any atom is 0.226 e. The molecular formula is C24H27ClN4O. The number of halogens is 1. The molecule has 0 spiro atoms. The van der Waals surface area contributed by atoms with Crippen LogP contribution >= 0.6 is 11.6 Å². The summed E-state index contributed by atoms with van der Waals surface area (Å²) in [5.41, 5.74) is 4.22. The highest BCUT2D eigenvalue weighted by Gasteiger charge is 2.27. The van der Waals surface area contributed by atoms with Crippen LogP contribution in [-0.2, 0) is 4.79 Å². The van der Waals surface area contributed by atoms with Crippen molar-refractivity contribution >= 4 is 34.4 Å². The average Bonchev–Trinajstić information content (AvgIpc) is 2.74. The number of nitrogens with one attached hydrogen (secondary N) is 1. The van der Waals surface area contributed by atoms with Gasteiger partial charge in [-0.25, -0.2) is 9.97 Å². The van der Waals surface area contributed by atoms with Crippen molar-refractivity contribution in [2.24, 2.45) is 5.92 Å². The van der Waals surface area contributed by atoms with Gasteiger partial charge in [-0.1, -0.05) is 35.9 Å². The Morgan fingerprint density at radius 1 is 1.10 bits per heavy atom. The summed E-state index contributed by atoms with van der Waals surface area (Å²) in [6, 6.07) is 13.9. The Kier molecular flexibility index (Phi) is 5.91. The number of fused-ring (bicyclic) bond motifs is 1. The van der Waals surface area contributed by atoms with Crippen molar-refractivity contribution < 1.29 is 4.79 Å². The van der Waals surface area contributed by atoms with Gasteiger partial charge in [-0.15, -0.1) is 0 Å². The molecule has 1 amide bonds. The van der Waals surface area contributed by atoms with E-state index in [1.165, 1.54) is 5.56 Å². The van der Waals surface area contributed by atoms with Crippen LogP contribution in [0.15, 0.2) is 42.5 Å². The minimum atomic E-state index is -0.0393. The molecule has 0 bridgehead atoms. The van der Waals surface area contributed by atoms with Crippen LogP contribution in [0.3, 0.4) is 0 Å². The molecule has 1 N–H and O–H groups in total. The molecule has 1 aromatic heterocycles. The number of hydrogen-bond acceptors (Lipinski definition) is 4. The molecule has 1 aliphatic rings. The van der Waals surface area contributed by atoms with E-state index in [0.29, 0.717) is 5.02 Å². The molecule has 2 aromatic carbocycles. The van der Waals surface area contributed by atoms with Crippen LogP contribution in [0.1, 0.15) is 42.6 Å². The molecule has 2 heterocycles. The molecule has 1 saturated heterocycles. The fraction of sp³-hybridized carbons (Fsp3) is 0.375. The fourth-order valence-corrected chi connectivity index (χ4v) is 4.16. The number of amides is 1. The number of benzene rings is 2. The van der Waals surface area contributed by atoms with Crippen molar-refractivity contribution in [3.05, 3.63) is 64.3 Å². The molecule has 1 atom stereocenters. The molecular weight excluding hydrogens is 396 g/mol. The topological polar surface area (TPSA) is 58.1 Å². The van der Waals surface area contributed by atoms with E-state index in [1.54, 1.807) is 0 Å². The lowest BCUT2D eigenvalue weighted by molar-refractivity contribution is -0.126. The van der Waals surface area contributed by atoms with E-state index in [2.05, 4.69) is 35.3 Å². The summed E-state index contributed by atoms with van der Waals surface area (Å²) in [5.74, 6) is 0.891. The maximum absolute atomic E-state index is 12.8. The Morgan fingerprint density at radius 2 is 1.80 bits per heavy atom. The zero-order chi connectivity index (χ0) is 21.3. The van der Waals surface area contributed by atoms with Crippen molar-refractivity contribution in [2.45, 2.75) is 39.7 Å². The van der Waals surface area contributed by atoms with Crippen molar-refractivity contribution in [3.8, 4) is 0 Å². The van der Waals surface area contributed by atoms with Crippen molar-refractivity contribution in [3.63, 3.8) is 0 Å². The van der Waals surface area contributed by atoms with Crippen LogP contribution < -0.4 is 10.2 Å². The number of carbonyl (C=O) groups is 1. The molecule has 1 unspecified atom stereocenters. The van der Waals surface area contributed by atoms with E-state index in [-0.39, 0.29) is 17.9 Å². The summed E-state index contributed by atoms with van der Waals surface area (Å²) in [6.45, 7) is 7.67. The molecule has 0 aliphatic carbocycles. The lowest BCUT2D eigenvalue weighted by Crippen LogP contribution is -2.41. The predicted octanol–water partition coefficient (Wildman–Crippen LogP) is 4.99. The molecule has 30 heavy (non-hydrogen) atoms. The van der Waals surface area contributed by atoms with Gasteiger partial charge in [0, 0.05) is 29.4 Å². The molecule has 0 radical (unpaired) electrons. The maximum atomic E-state index is 12.8. The number of piperidine rings is 1. The van der Waals surface area contributed by atoms with Gasteiger partial charge in [0.1, 0.15) is 0 Å². The fourth-order valence-electron chi connectivity index (χ4n) is 4.03. The van der Waals surface area contributed by atoms with Gasteiger partial charge < -0.3 is 10.2 Å². The summed E-state index contributed by atoms with van der Waals surface area (Å²) >= 11 is 5.96. The minimum absolute atomic E-state index is 0.0137. The van der Waals surface area contributed by atoms with Gasteiger partial charge in [-0.05, 0) is 62.9 Å². The molecule has 6 heteroatoms. The lowest BCUT2D eigenvalue weighted by atomic mass is 9.95. The number of aromatic nitrogens is 2. The van der Waals surface area contributed by atoms with Crippen molar-refractivity contribution in [1.29, 1.82) is 0 Å². The highest BCUT2D eigenvalue weighted by Crippen LogP contribution is 2.25. The van der Waals surface area contributed by atoms with Crippen molar-refractivity contribution in [1.82, 2.24) is 15.3 Å². The Labute approximate surface area is 182 Å². The Balaban J connectivity index is 1.39. The van der Waals surface area contributed by atoms with Crippen LogP contribution in [0.25, 0.3) is 10.9 Å². The summed E-state index contributed by atoms with van der Waals surface area (Å²) < 4.78 is 0. The first-order valence-electron chi connectivity index (χ1n) is 10.5. The zero-order valence-electron chi connectivity index (χ0n) is 17.7. The summed E-state index contributed by atoms with van der Waals surface area (Å²) in [4.78, 5) is 24.5. The van der Waals surface area contributed by atoms with Crippen LogP contribution in [0.2, 0.25) is 5.02 Å². The quantitative estimate of drug-likeness (QED) is 0.643. The van der Waals surface area contributed by atoms with Gasteiger partial charge >= 0.3 is 0 Å². The van der Waals surface area contributed by atoms with Crippen molar-refractivity contribution in [2.75, 3.05) is 18.0 Å².